The van der Waals surface area contributed by atoms with E-state index in [1.165, 1.54) is 18.0 Å². The Morgan fingerprint density at radius 2 is 1.93 bits per heavy atom. The average Bonchev–Trinajstić information content (AvgIpc) is 1.99. The molecule has 0 heterocycles. The lowest BCUT2D eigenvalue weighted by Crippen LogP contribution is -2.32. The van der Waals surface area contributed by atoms with E-state index in [9.17, 15) is 5.11 Å². The first kappa shape index (κ1) is 13.0. The lowest BCUT2D eigenvalue weighted by molar-refractivity contribution is 0.0656. The van der Waals surface area contributed by atoms with E-state index >= 15 is 0 Å². The van der Waals surface area contributed by atoms with Crippen molar-refractivity contribution in [3.63, 3.8) is 0 Å². The van der Waals surface area contributed by atoms with Gasteiger partial charge >= 0.3 is 0 Å². The summed E-state index contributed by atoms with van der Waals surface area (Å²) >= 11 is 0. The molecule has 1 saturated carbocycles. The molecule has 0 unspecified atom stereocenters. The van der Waals surface area contributed by atoms with Crippen LogP contribution in [0.3, 0.4) is 0 Å². The summed E-state index contributed by atoms with van der Waals surface area (Å²) in [6.45, 7) is 13.6. The second kappa shape index (κ2) is 4.83. The van der Waals surface area contributed by atoms with Gasteiger partial charge in [-0.3, -0.25) is 0 Å². The van der Waals surface area contributed by atoms with E-state index in [2.05, 4.69) is 33.1 Å². The van der Waals surface area contributed by atoms with Crippen molar-refractivity contribution in [2.45, 2.75) is 58.0 Å². The predicted molar refractivity (Wildman–Crippen MR) is 69.8 cm³/mol. The third-order valence-electron chi connectivity index (χ3n) is 3.36. The molecule has 0 spiro atoms. The van der Waals surface area contributed by atoms with Crippen LogP contribution in [0.15, 0.2) is 12.2 Å². The molecular formula is C13H26OSi. The normalized spacial score (nSPS) is 32.7. The quantitative estimate of drug-likeness (QED) is 0.575. The Bertz CT molecular complexity index is 229. The molecule has 3 atom stereocenters. The molecule has 0 saturated heterocycles. The number of aliphatic hydroxyl groups is 1. The predicted octanol–water partition coefficient (Wildman–Crippen LogP) is 3.68. The molecule has 0 aromatic heterocycles. The van der Waals surface area contributed by atoms with Crippen molar-refractivity contribution in [3.8, 4) is 0 Å². The fourth-order valence-electron chi connectivity index (χ4n) is 2.64. The van der Waals surface area contributed by atoms with Crippen LogP contribution in [0.2, 0.25) is 25.7 Å². The first-order chi connectivity index (χ1) is 6.79. The van der Waals surface area contributed by atoms with Crippen molar-refractivity contribution < 1.29 is 5.11 Å². The van der Waals surface area contributed by atoms with Crippen molar-refractivity contribution in [1.29, 1.82) is 0 Å². The zero-order valence-electron chi connectivity index (χ0n) is 10.7. The van der Waals surface area contributed by atoms with E-state index in [1.807, 2.05) is 0 Å². The Labute approximate surface area is 95.6 Å². The van der Waals surface area contributed by atoms with Crippen LogP contribution >= 0.6 is 0 Å². The first-order valence-electron chi connectivity index (χ1n) is 6.15. The summed E-state index contributed by atoms with van der Waals surface area (Å²) in [6, 6.07) is 1.17. The Kier molecular flexibility index (Phi) is 4.18. The highest BCUT2D eigenvalue weighted by Gasteiger charge is 2.30. The van der Waals surface area contributed by atoms with Crippen LogP contribution in [0.4, 0.5) is 0 Å². The SMILES string of the molecule is C=C(C[Si](C)(C)C)[C@@H]1CC[C@@H](C)C[C@H]1O. The number of hydrogen-bond donors (Lipinski definition) is 1. The summed E-state index contributed by atoms with van der Waals surface area (Å²) in [5.41, 5.74) is 1.31. The molecule has 0 radical (unpaired) electrons. The van der Waals surface area contributed by atoms with Gasteiger partial charge in [-0.2, -0.15) is 0 Å². The molecular weight excluding hydrogens is 200 g/mol. The van der Waals surface area contributed by atoms with E-state index in [-0.39, 0.29) is 6.10 Å². The molecule has 1 fully saturated rings. The van der Waals surface area contributed by atoms with Crippen LogP contribution < -0.4 is 0 Å². The highest BCUT2D eigenvalue weighted by molar-refractivity contribution is 6.76. The summed E-state index contributed by atoms with van der Waals surface area (Å²) in [5.74, 6) is 1.07. The lowest BCUT2D eigenvalue weighted by Gasteiger charge is -2.34. The minimum Gasteiger partial charge on any atom is -0.392 e. The van der Waals surface area contributed by atoms with Crippen LogP contribution in [0.25, 0.3) is 0 Å². The smallest absolute Gasteiger partial charge is 0.0607 e. The molecule has 0 aliphatic heterocycles. The van der Waals surface area contributed by atoms with Gasteiger partial charge < -0.3 is 5.11 Å². The molecule has 0 bridgehead atoms. The Balaban J connectivity index is 2.53. The van der Waals surface area contributed by atoms with Crippen molar-refractivity contribution in [2.24, 2.45) is 11.8 Å². The van der Waals surface area contributed by atoms with Gasteiger partial charge in [0.15, 0.2) is 0 Å². The third-order valence-corrected chi connectivity index (χ3v) is 4.88. The maximum atomic E-state index is 10.1. The molecule has 15 heavy (non-hydrogen) atoms. The van der Waals surface area contributed by atoms with Crippen molar-refractivity contribution in [2.75, 3.05) is 0 Å². The molecule has 2 heteroatoms. The minimum atomic E-state index is -1.06. The highest BCUT2D eigenvalue weighted by atomic mass is 28.3. The molecule has 1 nitrogen and oxygen atoms in total. The molecule has 0 amide bonds. The fraction of sp³-hybridized carbons (Fsp3) is 0.846. The van der Waals surface area contributed by atoms with E-state index in [0.29, 0.717) is 11.8 Å². The van der Waals surface area contributed by atoms with Crippen molar-refractivity contribution >= 4 is 8.07 Å². The van der Waals surface area contributed by atoms with E-state index in [1.54, 1.807) is 0 Å². The van der Waals surface area contributed by atoms with Crippen LogP contribution in [-0.4, -0.2) is 19.3 Å². The Morgan fingerprint density at radius 3 is 2.40 bits per heavy atom. The highest BCUT2D eigenvalue weighted by Crippen LogP contribution is 2.35. The second-order valence-corrected chi connectivity index (χ2v) is 12.0. The topological polar surface area (TPSA) is 20.2 Å². The monoisotopic (exact) mass is 226 g/mol. The summed E-state index contributed by atoms with van der Waals surface area (Å²) in [4.78, 5) is 0. The largest absolute Gasteiger partial charge is 0.392 e. The van der Waals surface area contributed by atoms with Gasteiger partial charge in [-0.15, -0.1) is 0 Å². The number of aliphatic hydroxyl groups excluding tert-OH is 1. The number of hydrogen-bond acceptors (Lipinski definition) is 1. The van der Waals surface area contributed by atoms with Gasteiger partial charge in [0, 0.05) is 14.0 Å². The lowest BCUT2D eigenvalue weighted by atomic mass is 9.78. The van der Waals surface area contributed by atoms with E-state index in [4.69, 9.17) is 0 Å². The zero-order chi connectivity index (χ0) is 11.6. The molecule has 0 aromatic carbocycles. The van der Waals surface area contributed by atoms with Crippen LogP contribution in [-0.2, 0) is 0 Å². The van der Waals surface area contributed by atoms with Crippen LogP contribution in [0, 0.1) is 11.8 Å². The Morgan fingerprint density at radius 1 is 1.33 bits per heavy atom. The fourth-order valence-corrected chi connectivity index (χ4v) is 4.26. The Hall–Kier alpha value is -0.0831. The summed E-state index contributed by atoms with van der Waals surface area (Å²) in [5, 5.41) is 10.1. The zero-order valence-corrected chi connectivity index (χ0v) is 11.7. The number of rotatable bonds is 3. The van der Waals surface area contributed by atoms with Gasteiger partial charge in [-0.05, 0) is 31.2 Å². The van der Waals surface area contributed by atoms with E-state index in [0.717, 1.165) is 12.8 Å². The van der Waals surface area contributed by atoms with Gasteiger partial charge in [-0.25, -0.2) is 0 Å². The van der Waals surface area contributed by atoms with Crippen LogP contribution in [0.5, 0.6) is 0 Å². The molecule has 1 aliphatic rings. The molecule has 0 aromatic rings. The van der Waals surface area contributed by atoms with Crippen molar-refractivity contribution in [1.82, 2.24) is 0 Å². The average molecular weight is 226 g/mol. The molecule has 1 aliphatic carbocycles. The maximum absolute atomic E-state index is 10.1. The van der Waals surface area contributed by atoms with Gasteiger partial charge in [0.25, 0.3) is 0 Å². The standard InChI is InChI=1S/C13H26OSi/c1-10-6-7-12(13(14)8-10)11(2)9-15(3,4)5/h10,12-14H,2,6-9H2,1,3-5H3/t10-,12+,13-/m1/s1. The summed E-state index contributed by atoms with van der Waals surface area (Å²) in [6.07, 6.45) is 3.24. The molecule has 88 valence electrons. The maximum Gasteiger partial charge on any atom is 0.0607 e. The van der Waals surface area contributed by atoms with Gasteiger partial charge in [0.05, 0.1) is 6.10 Å². The third kappa shape index (κ3) is 4.11. The minimum absolute atomic E-state index is 0.127. The summed E-state index contributed by atoms with van der Waals surface area (Å²) < 4.78 is 0. The van der Waals surface area contributed by atoms with E-state index < -0.39 is 8.07 Å². The summed E-state index contributed by atoms with van der Waals surface area (Å²) in [7, 11) is -1.06. The first-order valence-corrected chi connectivity index (χ1v) is 9.86. The molecule has 1 N–H and O–H groups in total. The molecule has 1 rings (SSSR count). The van der Waals surface area contributed by atoms with Gasteiger partial charge in [-0.1, -0.05) is 38.7 Å². The van der Waals surface area contributed by atoms with Gasteiger partial charge in [0.1, 0.15) is 0 Å². The van der Waals surface area contributed by atoms with Crippen LogP contribution in [0.1, 0.15) is 26.2 Å². The second-order valence-electron chi connectivity index (χ2n) is 6.49. The van der Waals surface area contributed by atoms with Crippen molar-refractivity contribution in [3.05, 3.63) is 12.2 Å². The van der Waals surface area contributed by atoms with Gasteiger partial charge in [0.2, 0.25) is 0 Å².